The minimum Gasteiger partial charge on any atom is -0.376 e. The fraction of sp³-hybridized carbons (Fsp3) is 0.286. The van der Waals surface area contributed by atoms with Gasteiger partial charge in [-0.05, 0) is 17.7 Å². The number of nitrogens with zero attached hydrogens (tertiary/aromatic N) is 1. The summed E-state index contributed by atoms with van der Waals surface area (Å²) < 4.78 is 7.17. The lowest BCUT2D eigenvalue weighted by molar-refractivity contribution is 0.108. The molecule has 0 bridgehead atoms. The highest BCUT2D eigenvalue weighted by Crippen LogP contribution is 2.17. The Morgan fingerprint density at radius 3 is 2.89 bits per heavy atom. The van der Waals surface area contributed by atoms with Gasteiger partial charge in [0.2, 0.25) is 0 Å². The normalized spacial score (nSPS) is 14.2. The molecule has 0 aliphatic carbocycles. The van der Waals surface area contributed by atoms with E-state index in [0.29, 0.717) is 11.2 Å². The Kier molecular flexibility index (Phi) is 3.77. The number of rotatable bonds is 2. The molecule has 0 radical (unpaired) electrons. The van der Waals surface area contributed by atoms with Crippen molar-refractivity contribution in [2.45, 2.75) is 19.4 Å². The van der Waals surface area contributed by atoms with Gasteiger partial charge >= 0.3 is 0 Å². The van der Waals surface area contributed by atoms with Crippen LogP contribution in [0.2, 0.25) is 0 Å². The van der Waals surface area contributed by atoms with E-state index in [-0.39, 0.29) is 0 Å². The fourth-order valence-corrected chi connectivity index (χ4v) is 2.74. The molecule has 0 saturated heterocycles. The number of H-pyrrole nitrogens is 1. The van der Waals surface area contributed by atoms with Crippen LogP contribution in [0.1, 0.15) is 22.6 Å². The molecule has 19 heavy (non-hydrogen) atoms. The third-order valence-electron chi connectivity index (χ3n) is 3.18. The maximum absolute atomic E-state index is 5.42. The second kappa shape index (κ2) is 5.53. The van der Waals surface area contributed by atoms with Crippen LogP contribution in [0.25, 0.3) is 0 Å². The molecule has 3 nitrogen and oxygen atoms in total. The first-order chi connectivity index (χ1) is 9.22. The molecule has 98 valence electrons. The van der Waals surface area contributed by atoms with Crippen LogP contribution in [0.5, 0.6) is 0 Å². The zero-order chi connectivity index (χ0) is 13.2. The Hall–Kier alpha value is -1.04. The summed E-state index contributed by atoms with van der Waals surface area (Å²) in [4.78, 5) is 7.87. The highest BCUT2D eigenvalue weighted by molar-refractivity contribution is 9.10. The van der Waals surface area contributed by atoms with Gasteiger partial charge in [0.1, 0.15) is 10.5 Å². The molecular formula is C14H13BrN2OS. The maximum Gasteiger partial charge on any atom is 0.135 e. The average Bonchev–Trinajstić information content (AvgIpc) is 2.42. The van der Waals surface area contributed by atoms with Gasteiger partial charge in [0.05, 0.1) is 13.2 Å². The maximum atomic E-state index is 5.42. The van der Waals surface area contributed by atoms with Crippen molar-refractivity contribution in [3.63, 3.8) is 0 Å². The Bertz CT molecular complexity index is 651. The smallest absolute Gasteiger partial charge is 0.135 e. The van der Waals surface area contributed by atoms with E-state index in [2.05, 4.69) is 38.0 Å². The Morgan fingerprint density at radius 2 is 2.11 bits per heavy atom. The van der Waals surface area contributed by atoms with E-state index in [4.69, 9.17) is 17.0 Å². The van der Waals surface area contributed by atoms with Gasteiger partial charge in [-0.15, -0.1) is 0 Å². The van der Waals surface area contributed by atoms with Crippen LogP contribution in [0.3, 0.4) is 0 Å². The molecular weight excluding hydrogens is 324 g/mol. The first-order valence-corrected chi connectivity index (χ1v) is 7.35. The minimum absolute atomic E-state index is 0.580. The van der Waals surface area contributed by atoms with Crippen LogP contribution in [0.4, 0.5) is 0 Å². The number of aromatic nitrogens is 2. The molecule has 0 atom stereocenters. The lowest BCUT2D eigenvalue weighted by atomic mass is 10.1. The second-order valence-corrected chi connectivity index (χ2v) is 5.85. The molecule has 0 spiro atoms. The van der Waals surface area contributed by atoms with Crippen molar-refractivity contribution < 1.29 is 4.74 Å². The molecule has 0 unspecified atom stereocenters. The van der Waals surface area contributed by atoms with Crippen LogP contribution >= 0.6 is 28.1 Å². The molecule has 1 aliphatic rings. The monoisotopic (exact) mass is 336 g/mol. The number of hydrogen-bond acceptors (Lipinski definition) is 3. The summed E-state index contributed by atoms with van der Waals surface area (Å²) in [6.07, 6.45) is 1.65. The summed E-state index contributed by atoms with van der Waals surface area (Å²) in [5.74, 6) is 0.924. The Balaban J connectivity index is 1.91. The van der Waals surface area contributed by atoms with Crippen molar-refractivity contribution in [1.82, 2.24) is 9.97 Å². The molecule has 0 saturated carbocycles. The van der Waals surface area contributed by atoms with Gasteiger partial charge in [0.25, 0.3) is 0 Å². The van der Waals surface area contributed by atoms with E-state index in [1.54, 1.807) is 0 Å². The molecule has 1 N–H and O–H groups in total. The number of halogens is 1. The third-order valence-corrected chi connectivity index (χ3v) is 4.05. The number of nitrogens with one attached hydrogen (secondary N) is 1. The molecule has 0 amide bonds. The van der Waals surface area contributed by atoms with Crippen molar-refractivity contribution in [1.29, 1.82) is 0 Å². The summed E-state index contributed by atoms with van der Waals surface area (Å²) in [7, 11) is 0. The van der Waals surface area contributed by atoms with Gasteiger partial charge in [-0.2, -0.15) is 0 Å². The largest absolute Gasteiger partial charge is 0.376 e. The second-order valence-electron chi connectivity index (χ2n) is 4.55. The standard InChI is InChI=1S/C14H13BrN2OS/c15-10-3-1-9(2-4-10)7-13-16-12-5-6-18-8-11(12)14(19)17-13/h1-4H,5-8H2,(H,16,17,19). The summed E-state index contributed by atoms with van der Waals surface area (Å²) in [6.45, 7) is 1.33. The SMILES string of the molecule is S=c1nc(Cc2ccc(Br)cc2)[nH]c2c1COCC2. The van der Waals surface area contributed by atoms with Crippen molar-refractivity contribution in [2.24, 2.45) is 0 Å². The zero-order valence-corrected chi connectivity index (χ0v) is 12.7. The highest BCUT2D eigenvalue weighted by atomic mass is 79.9. The zero-order valence-electron chi connectivity index (χ0n) is 10.3. The predicted octanol–water partition coefficient (Wildman–Crippen LogP) is 3.57. The van der Waals surface area contributed by atoms with Crippen LogP contribution in [0.15, 0.2) is 28.7 Å². The van der Waals surface area contributed by atoms with E-state index in [1.165, 1.54) is 11.3 Å². The third kappa shape index (κ3) is 2.94. The van der Waals surface area contributed by atoms with Crippen molar-refractivity contribution in [2.75, 3.05) is 6.61 Å². The van der Waals surface area contributed by atoms with Crippen molar-refractivity contribution in [3.8, 4) is 0 Å². The Labute approximate surface area is 125 Å². The first kappa shape index (κ1) is 13.0. The van der Waals surface area contributed by atoms with Gasteiger partial charge in [0, 0.05) is 28.6 Å². The summed E-state index contributed by atoms with van der Waals surface area (Å²) in [5, 5.41) is 0. The number of hydrogen-bond donors (Lipinski definition) is 1. The van der Waals surface area contributed by atoms with Gasteiger partial charge < -0.3 is 9.72 Å². The van der Waals surface area contributed by atoms with Crippen LogP contribution < -0.4 is 0 Å². The van der Waals surface area contributed by atoms with Gasteiger partial charge in [0.15, 0.2) is 0 Å². The molecule has 1 aromatic carbocycles. The first-order valence-electron chi connectivity index (χ1n) is 6.15. The minimum atomic E-state index is 0.580. The van der Waals surface area contributed by atoms with Crippen molar-refractivity contribution >= 4 is 28.1 Å². The van der Waals surface area contributed by atoms with E-state index in [9.17, 15) is 0 Å². The molecule has 2 heterocycles. The topological polar surface area (TPSA) is 37.9 Å². The van der Waals surface area contributed by atoms with E-state index in [1.807, 2.05) is 12.1 Å². The highest BCUT2D eigenvalue weighted by Gasteiger charge is 2.13. The molecule has 0 fully saturated rings. The van der Waals surface area contributed by atoms with E-state index >= 15 is 0 Å². The van der Waals surface area contributed by atoms with Gasteiger partial charge in [-0.25, -0.2) is 4.98 Å². The fourth-order valence-electron chi connectivity index (χ4n) is 2.19. The van der Waals surface area contributed by atoms with E-state index in [0.717, 1.165) is 35.3 Å². The molecule has 2 aromatic rings. The number of aromatic amines is 1. The van der Waals surface area contributed by atoms with Crippen LogP contribution in [-0.4, -0.2) is 16.6 Å². The number of ether oxygens (including phenoxy) is 1. The molecule has 1 aromatic heterocycles. The number of benzene rings is 1. The predicted molar refractivity (Wildman–Crippen MR) is 79.7 cm³/mol. The van der Waals surface area contributed by atoms with E-state index < -0.39 is 0 Å². The molecule has 3 rings (SSSR count). The summed E-state index contributed by atoms with van der Waals surface area (Å²) >= 11 is 8.78. The molecule has 5 heteroatoms. The summed E-state index contributed by atoms with van der Waals surface area (Å²) in [6, 6.07) is 8.25. The van der Waals surface area contributed by atoms with Gasteiger partial charge in [-0.1, -0.05) is 40.3 Å². The van der Waals surface area contributed by atoms with Crippen molar-refractivity contribution in [3.05, 3.63) is 56.0 Å². The van der Waals surface area contributed by atoms with Gasteiger partial charge in [-0.3, -0.25) is 0 Å². The van der Waals surface area contributed by atoms with Crippen LogP contribution in [-0.2, 0) is 24.2 Å². The lowest BCUT2D eigenvalue weighted by Gasteiger charge is -2.17. The quantitative estimate of drug-likeness (QED) is 0.852. The summed E-state index contributed by atoms with van der Waals surface area (Å²) in [5.41, 5.74) is 3.44. The number of fused-ring (bicyclic) bond motifs is 1. The Morgan fingerprint density at radius 1 is 1.32 bits per heavy atom. The van der Waals surface area contributed by atoms with Crippen LogP contribution in [0, 0.1) is 4.64 Å². The molecule has 1 aliphatic heterocycles. The lowest BCUT2D eigenvalue weighted by Crippen LogP contribution is -2.15. The average molecular weight is 337 g/mol.